The molecule has 0 aliphatic carbocycles. The zero-order valence-corrected chi connectivity index (χ0v) is 13.4. The van der Waals surface area contributed by atoms with Gasteiger partial charge in [-0.3, -0.25) is 0 Å². The van der Waals surface area contributed by atoms with E-state index in [2.05, 4.69) is 38.1 Å². The van der Waals surface area contributed by atoms with E-state index >= 15 is 0 Å². The molecule has 1 aromatic rings. The average Bonchev–Trinajstić information content (AvgIpc) is 2.32. The van der Waals surface area contributed by atoms with Gasteiger partial charge in [-0.25, -0.2) is 0 Å². The maximum atomic E-state index is 8.94. The Morgan fingerprint density at radius 1 is 1.11 bits per heavy atom. The highest BCUT2D eigenvalue weighted by atomic mass is 32.2. The molecule has 0 heterocycles. The molecule has 1 aromatic carbocycles. The minimum absolute atomic E-state index is 0.154. The summed E-state index contributed by atoms with van der Waals surface area (Å²) in [6, 6.07) is 9.14. The Hall–Kier alpha value is -0.940. The Balaban J connectivity index is 2.19. The maximum absolute atomic E-state index is 8.94. The number of benzene rings is 1. The lowest BCUT2D eigenvalue weighted by atomic mass is 9.89. The van der Waals surface area contributed by atoms with E-state index in [9.17, 15) is 0 Å². The molecule has 0 aliphatic rings. The molecule has 19 heavy (non-hydrogen) atoms. The molecule has 0 bridgehead atoms. The second kappa shape index (κ2) is 7.60. The van der Waals surface area contributed by atoms with Crippen molar-refractivity contribution >= 4 is 11.8 Å². The second-order valence-electron chi connectivity index (χ2n) is 6.00. The van der Waals surface area contributed by atoms with Crippen LogP contribution in [0.25, 0.3) is 0 Å². The molecule has 2 heteroatoms. The molecule has 1 nitrogen and oxygen atoms in total. The Labute approximate surface area is 122 Å². The summed E-state index contributed by atoms with van der Waals surface area (Å²) in [6.07, 6.45) is 3.37. The van der Waals surface area contributed by atoms with Crippen LogP contribution >= 0.6 is 11.8 Å². The van der Waals surface area contributed by atoms with Crippen molar-refractivity contribution in [2.75, 3.05) is 5.75 Å². The molecule has 0 unspecified atom stereocenters. The van der Waals surface area contributed by atoms with Crippen LogP contribution in [0.1, 0.15) is 49.8 Å². The first-order valence-corrected chi connectivity index (χ1v) is 8.14. The SMILES string of the molecule is Cc1cc(C)cc(CSCCCCC(C)(C)C#N)c1. The van der Waals surface area contributed by atoms with E-state index in [1.807, 2.05) is 25.6 Å². The largest absolute Gasteiger partial charge is 0.198 e. The summed E-state index contributed by atoms with van der Waals surface area (Å²) in [4.78, 5) is 0. The standard InChI is InChI=1S/C17H25NS/c1-14-9-15(2)11-16(10-14)12-19-8-6-5-7-17(3,4)13-18/h9-11H,5-8,12H2,1-4H3. The van der Waals surface area contributed by atoms with E-state index in [4.69, 9.17) is 5.26 Å². The second-order valence-corrected chi connectivity index (χ2v) is 7.11. The predicted octanol–water partition coefficient (Wildman–Crippen LogP) is 5.26. The Morgan fingerprint density at radius 3 is 2.32 bits per heavy atom. The van der Waals surface area contributed by atoms with Gasteiger partial charge in [0.1, 0.15) is 0 Å². The van der Waals surface area contributed by atoms with Crippen molar-refractivity contribution in [3.8, 4) is 6.07 Å². The quantitative estimate of drug-likeness (QED) is 0.634. The first kappa shape index (κ1) is 16.1. The van der Waals surface area contributed by atoms with E-state index < -0.39 is 0 Å². The third-order valence-electron chi connectivity index (χ3n) is 3.19. The van der Waals surface area contributed by atoms with Crippen LogP contribution < -0.4 is 0 Å². The number of thioether (sulfide) groups is 1. The van der Waals surface area contributed by atoms with Crippen molar-refractivity contribution in [3.05, 3.63) is 34.9 Å². The van der Waals surface area contributed by atoms with Gasteiger partial charge in [0.2, 0.25) is 0 Å². The van der Waals surface area contributed by atoms with Crippen molar-refractivity contribution in [1.82, 2.24) is 0 Å². The summed E-state index contributed by atoms with van der Waals surface area (Å²) in [5, 5.41) is 8.94. The minimum Gasteiger partial charge on any atom is -0.198 e. The van der Waals surface area contributed by atoms with E-state index in [1.165, 1.54) is 28.9 Å². The predicted molar refractivity (Wildman–Crippen MR) is 85.3 cm³/mol. The van der Waals surface area contributed by atoms with Crippen LogP contribution in [-0.4, -0.2) is 5.75 Å². The van der Waals surface area contributed by atoms with Gasteiger partial charge < -0.3 is 0 Å². The molecule has 0 aliphatic heterocycles. The highest BCUT2D eigenvalue weighted by Gasteiger charge is 2.15. The fourth-order valence-electron chi connectivity index (χ4n) is 2.17. The number of unbranched alkanes of at least 4 members (excludes halogenated alkanes) is 1. The van der Waals surface area contributed by atoms with Gasteiger partial charge in [0.15, 0.2) is 0 Å². The average molecular weight is 275 g/mol. The smallest absolute Gasteiger partial charge is 0.0683 e. The van der Waals surface area contributed by atoms with Gasteiger partial charge in [0.05, 0.1) is 11.5 Å². The third-order valence-corrected chi connectivity index (χ3v) is 4.31. The highest BCUT2D eigenvalue weighted by Crippen LogP contribution is 2.23. The molecule has 0 atom stereocenters. The number of hydrogen-bond donors (Lipinski definition) is 0. The molecular formula is C17H25NS. The van der Waals surface area contributed by atoms with E-state index in [0.29, 0.717) is 0 Å². The third kappa shape index (κ3) is 6.68. The van der Waals surface area contributed by atoms with Gasteiger partial charge in [-0.05, 0) is 51.9 Å². The van der Waals surface area contributed by atoms with Gasteiger partial charge in [-0.1, -0.05) is 35.7 Å². The number of rotatable bonds is 7. The number of nitrogens with zero attached hydrogens (tertiary/aromatic N) is 1. The van der Waals surface area contributed by atoms with Crippen LogP contribution in [0.3, 0.4) is 0 Å². The van der Waals surface area contributed by atoms with Crippen molar-refractivity contribution in [3.63, 3.8) is 0 Å². The highest BCUT2D eigenvalue weighted by molar-refractivity contribution is 7.98. The lowest BCUT2D eigenvalue weighted by Crippen LogP contribution is -2.07. The zero-order valence-electron chi connectivity index (χ0n) is 12.6. The van der Waals surface area contributed by atoms with Crippen LogP contribution in [0.4, 0.5) is 0 Å². The summed E-state index contributed by atoms with van der Waals surface area (Å²) >= 11 is 2.00. The lowest BCUT2D eigenvalue weighted by molar-refractivity contribution is 0.433. The van der Waals surface area contributed by atoms with Gasteiger partial charge >= 0.3 is 0 Å². The van der Waals surface area contributed by atoms with Crippen molar-refractivity contribution in [1.29, 1.82) is 5.26 Å². The van der Waals surface area contributed by atoms with Crippen LogP contribution in [0.15, 0.2) is 18.2 Å². The fourth-order valence-corrected chi connectivity index (χ4v) is 3.12. The van der Waals surface area contributed by atoms with Crippen LogP contribution in [0.5, 0.6) is 0 Å². The lowest BCUT2D eigenvalue weighted by Gasteiger charge is -2.14. The molecule has 0 aromatic heterocycles. The Kier molecular flexibility index (Phi) is 6.45. The molecule has 0 saturated carbocycles. The summed E-state index contributed by atoms with van der Waals surface area (Å²) in [5.74, 6) is 2.29. The number of hydrogen-bond acceptors (Lipinski definition) is 2. The van der Waals surface area contributed by atoms with Gasteiger partial charge in [-0.15, -0.1) is 0 Å². The Morgan fingerprint density at radius 2 is 1.74 bits per heavy atom. The minimum atomic E-state index is -0.154. The first-order chi connectivity index (χ1) is 8.93. The molecule has 0 amide bonds. The van der Waals surface area contributed by atoms with Gasteiger partial charge in [0, 0.05) is 5.75 Å². The summed E-state index contributed by atoms with van der Waals surface area (Å²) in [5.41, 5.74) is 3.98. The van der Waals surface area contributed by atoms with Crippen molar-refractivity contribution in [2.24, 2.45) is 5.41 Å². The van der Waals surface area contributed by atoms with E-state index in [-0.39, 0.29) is 5.41 Å². The normalized spacial score (nSPS) is 11.3. The number of nitriles is 1. The first-order valence-electron chi connectivity index (χ1n) is 6.99. The van der Waals surface area contributed by atoms with Crippen LogP contribution in [0.2, 0.25) is 0 Å². The van der Waals surface area contributed by atoms with E-state index in [1.54, 1.807) is 0 Å². The van der Waals surface area contributed by atoms with E-state index in [0.717, 1.165) is 18.6 Å². The maximum Gasteiger partial charge on any atom is 0.0683 e. The molecule has 0 radical (unpaired) electrons. The zero-order chi connectivity index (χ0) is 14.3. The monoisotopic (exact) mass is 275 g/mol. The molecular weight excluding hydrogens is 250 g/mol. The van der Waals surface area contributed by atoms with Crippen LogP contribution in [0, 0.1) is 30.6 Å². The van der Waals surface area contributed by atoms with Gasteiger partial charge in [0.25, 0.3) is 0 Å². The fraction of sp³-hybridized carbons (Fsp3) is 0.588. The molecule has 104 valence electrons. The molecule has 0 N–H and O–H groups in total. The summed E-state index contributed by atoms with van der Waals surface area (Å²) < 4.78 is 0. The molecule has 1 rings (SSSR count). The van der Waals surface area contributed by atoms with Gasteiger partial charge in [-0.2, -0.15) is 17.0 Å². The Bertz CT molecular complexity index is 423. The molecule has 0 saturated heterocycles. The van der Waals surface area contributed by atoms with Crippen LogP contribution in [-0.2, 0) is 5.75 Å². The van der Waals surface area contributed by atoms with Crippen molar-refractivity contribution < 1.29 is 0 Å². The summed E-state index contributed by atoms with van der Waals surface area (Å²) in [7, 11) is 0. The van der Waals surface area contributed by atoms with Crippen molar-refractivity contribution in [2.45, 2.75) is 52.7 Å². The molecule has 0 fully saturated rings. The summed E-state index contributed by atoms with van der Waals surface area (Å²) in [6.45, 7) is 8.36. The topological polar surface area (TPSA) is 23.8 Å². The number of aryl methyl sites for hydroxylation is 2. The molecule has 0 spiro atoms.